The van der Waals surface area contributed by atoms with Gasteiger partial charge in [-0.15, -0.1) is 5.10 Å². The van der Waals surface area contributed by atoms with Crippen LogP contribution in [0.15, 0.2) is 94.6 Å². The number of nitrogens with one attached hydrogen (secondary N) is 2. The van der Waals surface area contributed by atoms with Gasteiger partial charge in [-0.3, -0.25) is 9.59 Å². The molecule has 54 heavy (non-hydrogen) atoms. The molecule has 280 valence electrons. The summed E-state index contributed by atoms with van der Waals surface area (Å²) in [6, 6.07) is 20.5. The summed E-state index contributed by atoms with van der Waals surface area (Å²) in [5.74, 6) is -1.03. The highest BCUT2D eigenvalue weighted by atomic mass is 16.6. The van der Waals surface area contributed by atoms with E-state index < -0.39 is 29.0 Å². The van der Waals surface area contributed by atoms with E-state index in [1.54, 1.807) is 113 Å². The summed E-state index contributed by atoms with van der Waals surface area (Å²) < 4.78 is 16.5. The molecule has 3 aromatic carbocycles. The fraction of sp³-hybridized carbons (Fsp3) is 0.308. The number of anilines is 1. The summed E-state index contributed by atoms with van der Waals surface area (Å²) in [7, 11) is 0. The first-order valence-corrected chi connectivity index (χ1v) is 17.1. The average molecular weight is 736 g/mol. The number of amides is 2. The van der Waals surface area contributed by atoms with Crippen molar-refractivity contribution in [1.29, 1.82) is 0 Å². The second kappa shape index (κ2) is 16.4. The molecular formula is C39H43N8O7+. The van der Waals surface area contributed by atoms with Crippen LogP contribution in [-0.4, -0.2) is 52.4 Å². The van der Waals surface area contributed by atoms with Gasteiger partial charge in [0, 0.05) is 12.6 Å². The fourth-order valence-corrected chi connectivity index (χ4v) is 5.06. The van der Waals surface area contributed by atoms with Crippen LogP contribution >= 0.6 is 0 Å². The van der Waals surface area contributed by atoms with E-state index in [4.69, 9.17) is 19.9 Å². The molecule has 0 radical (unpaired) electrons. The molecule has 1 aliphatic rings. The molecule has 0 unspecified atom stereocenters. The fourth-order valence-electron chi connectivity index (χ4n) is 5.06. The SMILES string of the molecule is CC(C)(C)OC(=O)c1ccc(CN=N/N=C(\N)c2cc(C(=O)NCc3ccc4c(c3)N(Cc3ccc(C(=O)OC(C)(C)C)cc3)C(=O)CO4)nc[nH+]2)cc1. The van der Waals surface area contributed by atoms with E-state index in [-0.39, 0.29) is 43.7 Å². The van der Waals surface area contributed by atoms with E-state index >= 15 is 0 Å². The number of rotatable bonds is 11. The highest BCUT2D eigenvalue weighted by molar-refractivity contribution is 5.99. The summed E-state index contributed by atoms with van der Waals surface area (Å²) in [6.07, 6.45) is 1.32. The average Bonchev–Trinajstić information content (AvgIpc) is 3.12. The van der Waals surface area contributed by atoms with Crippen LogP contribution in [0.5, 0.6) is 5.75 Å². The zero-order chi connectivity index (χ0) is 39.0. The second-order valence-corrected chi connectivity index (χ2v) is 14.4. The maximum atomic E-state index is 13.1. The number of nitrogens with zero attached hydrogens (tertiary/aromatic N) is 5. The Bertz CT molecular complexity index is 2080. The van der Waals surface area contributed by atoms with Crippen molar-refractivity contribution in [2.75, 3.05) is 11.5 Å². The Morgan fingerprint density at radius 2 is 1.46 bits per heavy atom. The normalized spacial score (nSPS) is 13.3. The van der Waals surface area contributed by atoms with Gasteiger partial charge in [-0.1, -0.05) is 30.3 Å². The molecule has 0 spiro atoms. The lowest BCUT2D eigenvalue weighted by molar-refractivity contribution is -0.385. The molecular weight excluding hydrogens is 692 g/mol. The molecule has 4 aromatic rings. The smallest absolute Gasteiger partial charge is 0.338 e. The molecule has 0 fully saturated rings. The first-order valence-electron chi connectivity index (χ1n) is 17.1. The molecule has 5 rings (SSSR count). The van der Waals surface area contributed by atoms with Crippen LogP contribution in [-0.2, 0) is 33.9 Å². The van der Waals surface area contributed by atoms with Crippen molar-refractivity contribution in [3.63, 3.8) is 0 Å². The Balaban J connectivity index is 1.18. The summed E-state index contributed by atoms with van der Waals surface area (Å²) >= 11 is 0. The van der Waals surface area contributed by atoms with E-state index in [2.05, 4.69) is 30.7 Å². The van der Waals surface area contributed by atoms with E-state index in [9.17, 15) is 19.2 Å². The van der Waals surface area contributed by atoms with Gasteiger partial charge in [0.1, 0.15) is 17.0 Å². The molecule has 15 nitrogen and oxygen atoms in total. The first kappa shape index (κ1) is 38.7. The van der Waals surface area contributed by atoms with E-state index in [0.29, 0.717) is 33.8 Å². The summed E-state index contributed by atoms with van der Waals surface area (Å²) in [5.41, 5.74) is 8.99. The molecule has 0 aliphatic carbocycles. The van der Waals surface area contributed by atoms with Crippen molar-refractivity contribution in [1.82, 2.24) is 10.3 Å². The summed E-state index contributed by atoms with van der Waals surface area (Å²) in [4.78, 5) is 59.3. The minimum Gasteiger partial charge on any atom is -0.482 e. The van der Waals surface area contributed by atoms with Crippen LogP contribution in [0.3, 0.4) is 0 Å². The summed E-state index contributed by atoms with van der Waals surface area (Å²) in [6.45, 7) is 11.3. The van der Waals surface area contributed by atoms with Gasteiger partial charge in [0.05, 0.1) is 29.9 Å². The standard InChI is InChI=1S/C39H42N8O7/c1-38(2,3)53-36(50)27-12-7-24(8-13-27)20-44-46-45-34(40)29-18-30(43-23-42-29)35(49)41-19-26-11-16-32-31(17-26)47(33(48)22-52-32)21-25-9-14-28(15-10-25)37(51)54-39(4,5)6/h7-18,23H,19-22H2,1-6H3,(H,41,49)(H2,40,44,45)/p+1. The topological polar surface area (TPSA) is 201 Å². The van der Waals surface area contributed by atoms with Crippen molar-refractivity contribution in [2.45, 2.75) is 72.4 Å². The molecule has 2 heterocycles. The third-order valence-corrected chi connectivity index (χ3v) is 7.62. The number of aromatic amines is 1. The van der Waals surface area contributed by atoms with E-state index in [0.717, 1.165) is 11.1 Å². The first-order chi connectivity index (χ1) is 25.5. The summed E-state index contributed by atoms with van der Waals surface area (Å²) in [5, 5.41) is 14.6. The van der Waals surface area contributed by atoms with E-state index in [1.165, 1.54) is 12.4 Å². The number of esters is 2. The highest BCUT2D eigenvalue weighted by Crippen LogP contribution is 2.34. The maximum absolute atomic E-state index is 13.1. The Morgan fingerprint density at radius 1 is 0.870 bits per heavy atom. The van der Waals surface area contributed by atoms with Crippen LogP contribution in [0.4, 0.5) is 5.69 Å². The van der Waals surface area contributed by atoms with Crippen LogP contribution in [0.2, 0.25) is 0 Å². The molecule has 0 saturated carbocycles. The molecule has 0 atom stereocenters. The second-order valence-electron chi connectivity index (χ2n) is 14.4. The maximum Gasteiger partial charge on any atom is 0.338 e. The number of carbonyl (C=O) groups excluding carboxylic acids is 4. The van der Waals surface area contributed by atoms with Crippen LogP contribution in [0.25, 0.3) is 0 Å². The number of ether oxygens (including phenoxy) is 3. The van der Waals surface area contributed by atoms with E-state index in [1.807, 2.05) is 0 Å². The van der Waals surface area contributed by atoms with Crippen molar-refractivity contribution < 1.29 is 38.4 Å². The number of fused-ring (bicyclic) bond motifs is 1. The minimum atomic E-state index is -0.614. The molecule has 0 bridgehead atoms. The molecule has 4 N–H and O–H groups in total. The Morgan fingerprint density at radius 3 is 2.07 bits per heavy atom. The predicted molar refractivity (Wildman–Crippen MR) is 198 cm³/mol. The lowest BCUT2D eigenvalue weighted by Crippen LogP contribution is -2.38. The largest absolute Gasteiger partial charge is 0.482 e. The molecule has 1 aromatic heterocycles. The van der Waals surface area contributed by atoms with Gasteiger partial charge in [-0.25, -0.2) is 14.6 Å². The molecule has 15 heteroatoms. The zero-order valence-corrected chi connectivity index (χ0v) is 31.0. The van der Waals surface area contributed by atoms with Crippen LogP contribution in [0, 0.1) is 0 Å². The number of hydrogen-bond donors (Lipinski definition) is 2. The highest BCUT2D eigenvalue weighted by Gasteiger charge is 2.27. The third-order valence-electron chi connectivity index (χ3n) is 7.62. The van der Waals surface area contributed by atoms with Crippen molar-refractivity contribution in [3.8, 4) is 5.75 Å². The predicted octanol–water partition coefficient (Wildman–Crippen LogP) is 4.93. The van der Waals surface area contributed by atoms with Gasteiger partial charge in [0.15, 0.2) is 18.1 Å². The number of nitrogens with two attached hydrogens (primary N) is 1. The zero-order valence-electron chi connectivity index (χ0n) is 31.0. The lowest BCUT2D eigenvalue weighted by atomic mass is 10.1. The number of carbonyl (C=O) groups is 4. The Hall–Kier alpha value is -6.51. The number of aromatic nitrogens is 2. The molecule has 2 amide bonds. The van der Waals surface area contributed by atoms with Crippen molar-refractivity contribution >= 4 is 35.3 Å². The van der Waals surface area contributed by atoms with Crippen molar-refractivity contribution in [2.24, 2.45) is 21.2 Å². The monoisotopic (exact) mass is 735 g/mol. The van der Waals surface area contributed by atoms with Gasteiger partial charge < -0.3 is 30.2 Å². The third kappa shape index (κ3) is 10.8. The number of amidine groups is 1. The van der Waals surface area contributed by atoms with Gasteiger partial charge in [0.25, 0.3) is 18.1 Å². The van der Waals surface area contributed by atoms with Gasteiger partial charge in [0.2, 0.25) is 5.69 Å². The van der Waals surface area contributed by atoms with Crippen LogP contribution < -0.4 is 25.7 Å². The minimum absolute atomic E-state index is 0.0191. The quantitative estimate of drug-likeness (QED) is 0.0704. The van der Waals surface area contributed by atoms with Gasteiger partial charge in [-0.2, -0.15) is 5.11 Å². The molecule has 1 aliphatic heterocycles. The Kier molecular flexibility index (Phi) is 11.8. The number of H-pyrrole nitrogens is 1. The van der Waals surface area contributed by atoms with Crippen molar-refractivity contribution in [3.05, 3.63) is 118 Å². The Labute approximate surface area is 312 Å². The van der Waals surface area contributed by atoms with Gasteiger partial charge in [-0.05, 0) is 105 Å². The van der Waals surface area contributed by atoms with Crippen LogP contribution in [0.1, 0.15) is 95.1 Å². The number of benzene rings is 3. The lowest BCUT2D eigenvalue weighted by Gasteiger charge is -2.30. The number of hydrogen-bond acceptors (Lipinski definition) is 10. The van der Waals surface area contributed by atoms with Gasteiger partial charge >= 0.3 is 11.9 Å². The molecule has 0 saturated heterocycles.